The van der Waals surface area contributed by atoms with Gasteiger partial charge in [0.05, 0.1) is 17.8 Å². The van der Waals surface area contributed by atoms with Crippen LogP contribution in [0.5, 0.6) is 0 Å². The molecule has 1 fully saturated rings. The Morgan fingerprint density at radius 1 is 1.25 bits per heavy atom. The smallest absolute Gasteiger partial charge is 0.441 e. The molecule has 0 aromatic carbocycles. The minimum Gasteiger partial charge on any atom is -0.441 e. The van der Waals surface area contributed by atoms with Crippen LogP contribution in [0.15, 0.2) is 16.7 Å². The van der Waals surface area contributed by atoms with Gasteiger partial charge in [0.2, 0.25) is 11.7 Å². The maximum Gasteiger partial charge on any atom is 0.453 e. The zero-order valence-corrected chi connectivity index (χ0v) is 16.9. The average molecular weight is 450 g/mol. The third-order valence-corrected chi connectivity index (χ3v) is 5.58. The summed E-state index contributed by atoms with van der Waals surface area (Å²) in [6.07, 6.45) is 0.116. The second kappa shape index (κ2) is 7.38. The number of halogens is 4. The molecule has 8 nitrogen and oxygen atoms in total. The Balaban J connectivity index is 1.41. The lowest BCUT2D eigenvalue weighted by atomic mass is 9.97. The van der Waals surface area contributed by atoms with Crippen molar-refractivity contribution >= 4 is 5.91 Å². The van der Waals surface area contributed by atoms with Gasteiger partial charge in [0.15, 0.2) is 5.82 Å². The van der Waals surface area contributed by atoms with Gasteiger partial charge >= 0.3 is 6.18 Å². The van der Waals surface area contributed by atoms with E-state index < -0.39 is 35.6 Å². The first-order valence-corrected chi connectivity index (χ1v) is 10.1. The van der Waals surface area contributed by atoms with Gasteiger partial charge in [-0.05, 0) is 31.7 Å². The number of amides is 1. The Kier molecular flexibility index (Phi) is 4.75. The van der Waals surface area contributed by atoms with Crippen LogP contribution in [0.1, 0.15) is 71.2 Å². The standard InChI is InChI=1S/C20H18F4N6O2/c1-30-16(28-19(29-30)20(22,23)24)17(31)26-12-3-2-4-14-15(12)27-18(32-14)10-7-13(9-5-6-9)25-8-11(10)21/h7-9,12H,2-6H2,1H3,(H,26,31). The minimum absolute atomic E-state index is 0.0935. The molecule has 2 aliphatic rings. The van der Waals surface area contributed by atoms with Crippen LogP contribution in [0.3, 0.4) is 0 Å². The molecule has 1 N–H and O–H groups in total. The van der Waals surface area contributed by atoms with E-state index in [-0.39, 0.29) is 11.5 Å². The van der Waals surface area contributed by atoms with Crippen LogP contribution >= 0.6 is 0 Å². The van der Waals surface area contributed by atoms with Crippen molar-refractivity contribution in [2.75, 3.05) is 0 Å². The molecule has 168 valence electrons. The molecule has 1 saturated carbocycles. The van der Waals surface area contributed by atoms with Crippen LogP contribution in [0.25, 0.3) is 11.5 Å². The first-order valence-electron chi connectivity index (χ1n) is 10.1. The summed E-state index contributed by atoms with van der Waals surface area (Å²) in [6, 6.07) is 1.03. The number of carbonyl (C=O) groups excluding carboxylic acids is 1. The largest absolute Gasteiger partial charge is 0.453 e. The SMILES string of the molecule is Cn1nc(C(F)(F)F)nc1C(=O)NC1CCCc2oc(-c3cc(C4CC4)ncc3F)nc21. The molecule has 1 amide bonds. The molecule has 3 aromatic heterocycles. The molecule has 0 aliphatic heterocycles. The third kappa shape index (κ3) is 3.73. The Hall–Kier alpha value is -3.31. The molecule has 1 atom stereocenters. The number of aryl methyl sites for hydroxylation is 2. The first kappa shape index (κ1) is 20.6. The second-order valence-electron chi connectivity index (χ2n) is 7.99. The van der Waals surface area contributed by atoms with Crippen molar-refractivity contribution in [3.05, 3.63) is 46.9 Å². The fraction of sp³-hybridized carbons (Fsp3) is 0.450. The summed E-state index contributed by atoms with van der Waals surface area (Å²) in [4.78, 5) is 24.5. The van der Waals surface area contributed by atoms with Crippen molar-refractivity contribution in [1.82, 2.24) is 30.0 Å². The van der Waals surface area contributed by atoms with Crippen molar-refractivity contribution < 1.29 is 26.8 Å². The van der Waals surface area contributed by atoms with Crippen LogP contribution < -0.4 is 5.32 Å². The van der Waals surface area contributed by atoms with Gasteiger partial charge in [0, 0.05) is 25.1 Å². The molecule has 0 radical (unpaired) electrons. The fourth-order valence-corrected chi connectivity index (χ4v) is 3.82. The van der Waals surface area contributed by atoms with Crippen LogP contribution in [0.2, 0.25) is 0 Å². The number of aromatic nitrogens is 5. The highest BCUT2D eigenvalue weighted by atomic mass is 19.4. The number of hydrogen-bond donors (Lipinski definition) is 1. The van der Waals surface area contributed by atoms with Gasteiger partial charge in [-0.2, -0.15) is 18.2 Å². The lowest BCUT2D eigenvalue weighted by molar-refractivity contribution is -0.144. The maximum atomic E-state index is 14.4. The van der Waals surface area contributed by atoms with E-state index in [4.69, 9.17) is 4.42 Å². The number of rotatable bonds is 4. The number of carbonyl (C=O) groups is 1. The summed E-state index contributed by atoms with van der Waals surface area (Å²) in [7, 11) is 1.21. The summed E-state index contributed by atoms with van der Waals surface area (Å²) < 4.78 is 59.6. The van der Waals surface area contributed by atoms with E-state index >= 15 is 0 Å². The lowest BCUT2D eigenvalue weighted by Gasteiger charge is -2.20. The summed E-state index contributed by atoms with van der Waals surface area (Å²) >= 11 is 0. The number of nitrogens with zero attached hydrogens (tertiary/aromatic N) is 5. The number of hydrogen-bond acceptors (Lipinski definition) is 6. The Bertz CT molecular complexity index is 1200. The maximum absolute atomic E-state index is 14.4. The number of nitrogens with one attached hydrogen (secondary N) is 1. The molecule has 0 bridgehead atoms. The monoisotopic (exact) mass is 450 g/mol. The Labute approximate surface area is 179 Å². The van der Waals surface area contributed by atoms with Crippen molar-refractivity contribution in [2.45, 2.75) is 50.2 Å². The zero-order chi connectivity index (χ0) is 22.6. The molecule has 1 unspecified atom stereocenters. The number of oxazole rings is 1. The predicted molar refractivity (Wildman–Crippen MR) is 101 cm³/mol. The van der Waals surface area contributed by atoms with Crippen LogP contribution in [-0.2, 0) is 19.6 Å². The van der Waals surface area contributed by atoms with Crippen LogP contribution in [0.4, 0.5) is 17.6 Å². The summed E-state index contributed by atoms with van der Waals surface area (Å²) in [6.45, 7) is 0. The number of alkyl halides is 3. The molecule has 12 heteroatoms. The third-order valence-electron chi connectivity index (χ3n) is 5.58. The van der Waals surface area contributed by atoms with Gasteiger partial charge < -0.3 is 9.73 Å². The summed E-state index contributed by atoms with van der Waals surface area (Å²) in [5.41, 5.74) is 1.41. The van der Waals surface area contributed by atoms with Crippen molar-refractivity contribution in [3.63, 3.8) is 0 Å². The van der Waals surface area contributed by atoms with Crippen molar-refractivity contribution in [2.24, 2.45) is 7.05 Å². The molecule has 0 saturated heterocycles. The molecule has 2 aliphatic carbocycles. The number of pyridine rings is 1. The lowest BCUT2D eigenvalue weighted by Crippen LogP contribution is -2.32. The second-order valence-corrected chi connectivity index (χ2v) is 7.99. The Morgan fingerprint density at radius 2 is 2.03 bits per heavy atom. The minimum atomic E-state index is -4.76. The summed E-state index contributed by atoms with van der Waals surface area (Å²) in [5, 5.41) is 5.92. The van der Waals surface area contributed by atoms with E-state index in [2.05, 4.69) is 25.4 Å². The highest BCUT2D eigenvalue weighted by molar-refractivity contribution is 5.91. The molecule has 3 aromatic rings. The van der Waals surface area contributed by atoms with E-state index in [1.165, 1.54) is 7.05 Å². The summed E-state index contributed by atoms with van der Waals surface area (Å²) in [5.74, 6) is -2.32. The van der Waals surface area contributed by atoms with Gasteiger partial charge in [-0.1, -0.05) is 0 Å². The van der Waals surface area contributed by atoms with E-state index in [1.54, 1.807) is 6.07 Å². The van der Waals surface area contributed by atoms with Gasteiger partial charge in [0.1, 0.15) is 11.5 Å². The van der Waals surface area contributed by atoms with Crippen molar-refractivity contribution in [3.8, 4) is 11.5 Å². The highest BCUT2D eigenvalue weighted by Gasteiger charge is 2.38. The van der Waals surface area contributed by atoms with E-state index in [1.807, 2.05) is 0 Å². The van der Waals surface area contributed by atoms with Gasteiger partial charge in [-0.15, -0.1) is 5.10 Å². The van der Waals surface area contributed by atoms with Crippen LogP contribution in [0, 0.1) is 5.82 Å². The Morgan fingerprint density at radius 3 is 2.72 bits per heavy atom. The predicted octanol–water partition coefficient (Wildman–Crippen LogP) is 3.71. The molecule has 3 heterocycles. The van der Waals surface area contributed by atoms with E-state index in [0.29, 0.717) is 36.6 Å². The molecular formula is C20H18F4N6O2. The normalized spacial score (nSPS) is 18.5. The highest BCUT2D eigenvalue weighted by Crippen LogP contribution is 2.41. The van der Waals surface area contributed by atoms with Crippen LogP contribution in [-0.4, -0.2) is 30.6 Å². The topological polar surface area (TPSA) is 98.7 Å². The van der Waals surface area contributed by atoms with E-state index in [0.717, 1.165) is 29.4 Å². The molecular weight excluding hydrogens is 432 g/mol. The van der Waals surface area contributed by atoms with E-state index in [9.17, 15) is 22.4 Å². The zero-order valence-electron chi connectivity index (χ0n) is 16.9. The van der Waals surface area contributed by atoms with Gasteiger partial charge in [0.25, 0.3) is 11.7 Å². The first-order chi connectivity index (χ1) is 15.2. The molecule has 32 heavy (non-hydrogen) atoms. The van der Waals surface area contributed by atoms with Gasteiger partial charge in [-0.25, -0.2) is 14.1 Å². The molecule has 5 rings (SSSR count). The average Bonchev–Trinajstić information content (AvgIpc) is 3.35. The number of fused-ring (bicyclic) bond motifs is 1. The van der Waals surface area contributed by atoms with Gasteiger partial charge in [-0.3, -0.25) is 9.78 Å². The quantitative estimate of drug-likeness (QED) is 0.609. The van der Waals surface area contributed by atoms with Crippen molar-refractivity contribution in [1.29, 1.82) is 0 Å². The fourth-order valence-electron chi connectivity index (χ4n) is 3.82. The molecule has 0 spiro atoms.